The van der Waals surface area contributed by atoms with Crippen molar-refractivity contribution in [1.29, 1.82) is 0 Å². The van der Waals surface area contributed by atoms with Crippen LogP contribution in [0.5, 0.6) is 0 Å². The summed E-state index contributed by atoms with van der Waals surface area (Å²) in [4.78, 5) is 40.6. The molecule has 0 saturated heterocycles. The Morgan fingerprint density at radius 2 is 1.82 bits per heavy atom. The maximum absolute atomic E-state index is 13.5. The largest absolute Gasteiger partial charge is 0.461 e. The molecule has 9 heteroatoms. The smallest absolute Gasteiger partial charge is 0.358 e. The van der Waals surface area contributed by atoms with Crippen molar-refractivity contribution in [3.63, 3.8) is 0 Å². The van der Waals surface area contributed by atoms with E-state index < -0.39 is 23.2 Å². The van der Waals surface area contributed by atoms with Crippen LogP contribution in [0.15, 0.2) is 60.7 Å². The van der Waals surface area contributed by atoms with Crippen LogP contribution in [-0.4, -0.2) is 44.6 Å². The molecule has 2 heterocycles. The molecule has 0 radical (unpaired) electrons. The van der Waals surface area contributed by atoms with Crippen LogP contribution < -0.4 is 5.32 Å². The molecule has 1 atom stereocenters. The summed E-state index contributed by atoms with van der Waals surface area (Å²) in [6.45, 7) is 3.91. The van der Waals surface area contributed by atoms with E-state index in [0.29, 0.717) is 5.56 Å². The van der Waals surface area contributed by atoms with Crippen LogP contribution >= 0.6 is 0 Å². The van der Waals surface area contributed by atoms with E-state index in [1.807, 2.05) is 30.3 Å². The van der Waals surface area contributed by atoms with Crippen molar-refractivity contribution in [3.05, 3.63) is 89.0 Å². The molecular formula is C25H25FN4O4. The van der Waals surface area contributed by atoms with E-state index in [4.69, 9.17) is 4.74 Å². The highest BCUT2D eigenvalue weighted by Gasteiger charge is 2.48. The van der Waals surface area contributed by atoms with Crippen LogP contribution in [0.25, 0.3) is 0 Å². The van der Waals surface area contributed by atoms with Crippen LogP contribution in [0.4, 0.5) is 4.39 Å². The number of fused-ring (bicyclic) bond motifs is 1. The van der Waals surface area contributed by atoms with E-state index in [0.717, 1.165) is 5.56 Å². The second kappa shape index (κ2) is 9.46. The summed E-state index contributed by atoms with van der Waals surface area (Å²) in [5.41, 5.74) is 0.441. The number of amides is 2. The SMILES string of the molecule is CCOC(=O)c1cc2n(n1)C[C@](C)(C(=O)NCc1ccccc1)N(Cc1ccc(F)cc1)C2=O. The maximum atomic E-state index is 13.5. The van der Waals surface area contributed by atoms with Gasteiger partial charge in [-0.15, -0.1) is 0 Å². The standard InChI is InChI=1S/C25H25FN4O4/c1-3-34-23(32)20-13-21-22(31)29(15-18-9-11-19(26)12-10-18)25(2,16-30(21)28-20)24(33)27-14-17-7-5-4-6-8-17/h4-13H,3,14-16H2,1-2H3,(H,27,33)/t25-/m1/s1. The Bertz CT molecular complexity index is 1210. The molecule has 0 unspecified atom stereocenters. The lowest BCUT2D eigenvalue weighted by Crippen LogP contribution is -2.63. The van der Waals surface area contributed by atoms with E-state index in [1.54, 1.807) is 26.0 Å². The summed E-state index contributed by atoms with van der Waals surface area (Å²) in [6.07, 6.45) is 0. The van der Waals surface area contributed by atoms with Gasteiger partial charge in [-0.3, -0.25) is 14.3 Å². The van der Waals surface area contributed by atoms with Gasteiger partial charge in [0, 0.05) is 19.2 Å². The monoisotopic (exact) mass is 464 g/mol. The van der Waals surface area contributed by atoms with Crippen molar-refractivity contribution in [1.82, 2.24) is 20.0 Å². The Balaban J connectivity index is 1.67. The van der Waals surface area contributed by atoms with Crippen molar-refractivity contribution < 1.29 is 23.5 Å². The highest BCUT2D eigenvalue weighted by molar-refractivity contribution is 6.01. The average Bonchev–Trinajstić information content (AvgIpc) is 3.26. The number of benzene rings is 2. The zero-order valence-corrected chi connectivity index (χ0v) is 19.0. The molecule has 1 N–H and O–H groups in total. The van der Waals surface area contributed by atoms with Crippen molar-refractivity contribution in [2.45, 2.75) is 39.0 Å². The highest BCUT2D eigenvalue weighted by atomic mass is 19.1. The average molecular weight is 464 g/mol. The summed E-state index contributed by atoms with van der Waals surface area (Å²) >= 11 is 0. The van der Waals surface area contributed by atoms with Gasteiger partial charge in [0.25, 0.3) is 5.91 Å². The van der Waals surface area contributed by atoms with Gasteiger partial charge in [0.05, 0.1) is 13.2 Å². The molecule has 176 valence electrons. The van der Waals surface area contributed by atoms with E-state index >= 15 is 0 Å². The Morgan fingerprint density at radius 1 is 1.12 bits per heavy atom. The fraction of sp³-hybridized carbons (Fsp3) is 0.280. The minimum Gasteiger partial charge on any atom is -0.461 e. The first-order valence-electron chi connectivity index (χ1n) is 11.0. The predicted octanol–water partition coefficient (Wildman–Crippen LogP) is 2.93. The van der Waals surface area contributed by atoms with Gasteiger partial charge in [-0.1, -0.05) is 42.5 Å². The third kappa shape index (κ3) is 4.54. The van der Waals surface area contributed by atoms with E-state index in [2.05, 4.69) is 10.4 Å². The topological polar surface area (TPSA) is 93.5 Å². The van der Waals surface area contributed by atoms with E-state index in [1.165, 1.54) is 27.8 Å². The maximum Gasteiger partial charge on any atom is 0.358 e. The Kier molecular flexibility index (Phi) is 6.45. The Hall–Kier alpha value is -4.01. The summed E-state index contributed by atoms with van der Waals surface area (Å²) < 4.78 is 19.8. The Labute approximate surface area is 196 Å². The lowest BCUT2D eigenvalue weighted by Gasteiger charge is -2.43. The predicted molar refractivity (Wildman–Crippen MR) is 121 cm³/mol. The molecule has 1 aliphatic rings. The third-order valence-corrected chi connectivity index (χ3v) is 5.82. The normalized spacial score (nSPS) is 17.3. The fourth-order valence-corrected chi connectivity index (χ4v) is 3.94. The summed E-state index contributed by atoms with van der Waals surface area (Å²) in [6, 6.07) is 16.5. The number of hydrogen-bond acceptors (Lipinski definition) is 5. The highest BCUT2D eigenvalue weighted by Crippen LogP contribution is 2.30. The molecule has 34 heavy (non-hydrogen) atoms. The number of nitrogens with one attached hydrogen (secondary N) is 1. The van der Waals surface area contributed by atoms with Crippen molar-refractivity contribution >= 4 is 17.8 Å². The minimum absolute atomic E-state index is 0.000811. The number of aromatic nitrogens is 2. The second-order valence-corrected chi connectivity index (χ2v) is 8.25. The minimum atomic E-state index is -1.31. The number of esters is 1. The third-order valence-electron chi connectivity index (χ3n) is 5.82. The fourth-order valence-electron chi connectivity index (χ4n) is 3.94. The molecule has 0 fully saturated rings. The summed E-state index contributed by atoms with van der Waals surface area (Å²) in [7, 11) is 0. The molecule has 2 amide bonds. The second-order valence-electron chi connectivity index (χ2n) is 8.25. The zero-order chi connectivity index (χ0) is 24.3. The quantitative estimate of drug-likeness (QED) is 0.543. The molecule has 1 aromatic heterocycles. The number of ether oxygens (including phenoxy) is 1. The molecule has 1 aliphatic heterocycles. The van der Waals surface area contributed by atoms with E-state index in [-0.39, 0.29) is 43.5 Å². The number of halogens is 1. The van der Waals surface area contributed by atoms with Gasteiger partial charge < -0.3 is 15.0 Å². The Morgan fingerprint density at radius 3 is 2.50 bits per heavy atom. The van der Waals surface area contributed by atoms with Gasteiger partial charge >= 0.3 is 5.97 Å². The molecule has 2 aromatic carbocycles. The van der Waals surface area contributed by atoms with Gasteiger partial charge in [0.15, 0.2) is 5.69 Å². The molecule has 0 saturated carbocycles. The van der Waals surface area contributed by atoms with Crippen LogP contribution in [0, 0.1) is 5.82 Å². The first-order chi connectivity index (χ1) is 16.3. The molecule has 0 spiro atoms. The molecule has 3 aromatic rings. The first-order valence-corrected chi connectivity index (χ1v) is 11.0. The molecule has 8 nitrogen and oxygen atoms in total. The molecule has 0 aliphatic carbocycles. The summed E-state index contributed by atoms with van der Waals surface area (Å²) in [5.74, 6) is -1.87. The van der Waals surface area contributed by atoms with Crippen LogP contribution in [0.3, 0.4) is 0 Å². The number of hydrogen-bond donors (Lipinski definition) is 1. The van der Waals surface area contributed by atoms with Gasteiger partial charge in [0.2, 0.25) is 5.91 Å². The molecular weight excluding hydrogens is 439 g/mol. The van der Waals surface area contributed by atoms with Crippen LogP contribution in [0.1, 0.15) is 46.0 Å². The van der Waals surface area contributed by atoms with Gasteiger partial charge in [-0.2, -0.15) is 5.10 Å². The molecule has 0 bridgehead atoms. The van der Waals surface area contributed by atoms with Gasteiger partial charge in [-0.05, 0) is 37.1 Å². The number of rotatable bonds is 7. The van der Waals surface area contributed by atoms with Gasteiger partial charge in [-0.25, -0.2) is 9.18 Å². The van der Waals surface area contributed by atoms with Crippen molar-refractivity contribution in [3.8, 4) is 0 Å². The number of carbonyl (C=O) groups excluding carboxylic acids is 3. The number of carbonyl (C=O) groups is 3. The van der Waals surface area contributed by atoms with Crippen molar-refractivity contribution in [2.75, 3.05) is 6.61 Å². The van der Waals surface area contributed by atoms with Crippen molar-refractivity contribution in [2.24, 2.45) is 0 Å². The molecule has 4 rings (SSSR count). The lowest BCUT2D eigenvalue weighted by molar-refractivity contribution is -0.133. The van der Waals surface area contributed by atoms with E-state index in [9.17, 15) is 18.8 Å². The lowest BCUT2D eigenvalue weighted by atomic mass is 9.94. The van der Waals surface area contributed by atoms with Crippen LogP contribution in [-0.2, 0) is 29.2 Å². The first kappa shape index (κ1) is 23.2. The number of nitrogens with zero attached hydrogens (tertiary/aromatic N) is 3. The summed E-state index contributed by atoms with van der Waals surface area (Å²) in [5, 5.41) is 7.14. The van der Waals surface area contributed by atoms with Gasteiger partial charge in [0.1, 0.15) is 17.1 Å². The zero-order valence-electron chi connectivity index (χ0n) is 19.0. The van der Waals surface area contributed by atoms with Crippen LogP contribution in [0.2, 0.25) is 0 Å².